The maximum atomic E-state index is 9.90. The van der Waals surface area contributed by atoms with Crippen molar-refractivity contribution in [3.63, 3.8) is 0 Å². The molecule has 3 aromatic carbocycles. The second-order valence-electron chi connectivity index (χ2n) is 4.27. The van der Waals surface area contributed by atoms with Crippen LogP contribution in [0.25, 0.3) is 21.9 Å². The molecule has 0 fully saturated rings. The summed E-state index contributed by atoms with van der Waals surface area (Å²) < 4.78 is 0. The molecule has 0 heterocycles. The van der Waals surface area contributed by atoms with Gasteiger partial charge in [0.25, 0.3) is 0 Å². The zero-order chi connectivity index (χ0) is 12.5. The first-order valence-electron chi connectivity index (χ1n) is 5.83. The fourth-order valence-corrected chi connectivity index (χ4v) is 2.23. The van der Waals surface area contributed by atoms with Crippen LogP contribution in [0, 0.1) is 0 Å². The number of hydrogen-bond acceptors (Lipinski definition) is 2. The first kappa shape index (κ1) is 13.2. The number of para-hydroxylation sites is 1. The predicted octanol–water partition coefficient (Wildman–Crippen LogP) is 4.22. The summed E-state index contributed by atoms with van der Waals surface area (Å²) in [4.78, 5) is 0. The molecule has 0 atom stereocenters. The summed E-state index contributed by atoms with van der Waals surface area (Å²) in [5, 5.41) is 12.0. The van der Waals surface area contributed by atoms with E-state index in [1.54, 1.807) is 12.1 Å². The number of halogens is 1. The van der Waals surface area contributed by atoms with E-state index in [0.717, 1.165) is 21.9 Å². The Morgan fingerprint density at radius 3 is 2.21 bits per heavy atom. The predicted molar refractivity (Wildman–Crippen MR) is 82.7 cm³/mol. The number of fused-ring (bicyclic) bond motifs is 1. The van der Waals surface area contributed by atoms with Gasteiger partial charge in [0, 0.05) is 22.2 Å². The van der Waals surface area contributed by atoms with Crippen molar-refractivity contribution in [2.45, 2.75) is 0 Å². The molecule has 3 heteroatoms. The Morgan fingerprint density at radius 2 is 1.42 bits per heavy atom. The second kappa shape index (κ2) is 5.21. The zero-order valence-corrected chi connectivity index (χ0v) is 11.0. The third-order valence-electron chi connectivity index (χ3n) is 3.16. The average Bonchev–Trinajstić information content (AvgIpc) is 2.41. The smallest absolute Gasteiger partial charge is 0.123 e. The van der Waals surface area contributed by atoms with Crippen molar-refractivity contribution in [1.29, 1.82) is 0 Å². The van der Waals surface area contributed by atoms with E-state index in [4.69, 9.17) is 5.73 Å². The van der Waals surface area contributed by atoms with Gasteiger partial charge in [-0.25, -0.2) is 0 Å². The fourth-order valence-electron chi connectivity index (χ4n) is 2.23. The highest BCUT2D eigenvalue weighted by Crippen LogP contribution is 2.36. The fraction of sp³-hybridized carbons (Fsp3) is 0. The van der Waals surface area contributed by atoms with E-state index in [1.165, 1.54) is 0 Å². The SMILES string of the molecule is Cl.Nc1c(-c2ccccc2O)ccc2ccccc12. The van der Waals surface area contributed by atoms with E-state index in [1.807, 2.05) is 48.5 Å². The molecule has 0 aromatic heterocycles. The molecular formula is C16H14ClNO. The minimum atomic E-state index is 0. The molecule has 0 aliphatic heterocycles. The molecule has 96 valence electrons. The van der Waals surface area contributed by atoms with Crippen molar-refractivity contribution in [1.82, 2.24) is 0 Å². The Labute approximate surface area is 117 Å². The van der Waals surface area contributed by atoms with E-state index in [2.05, 4.69) is 0 Å². The number of nitrogens with two attached hydrogens (primary N) is 1. The van der Waals surface area contributed by atoms with Crippen LogP contribution in [0.15, 0.2) is 60.7 Å². The van der Waals surface area contributed by atoms with Gasteiger partial charge in [0.15, 0.2) is 0 Å². The van der Waals surface area contributed by atoms with E-state index in [9.17, 15) is 5.11 Å². The zero-order valence-electron chi connectivity index (χ0n) is 10.2. The van der Waals surface area contributed by atoms with Gasteiger partial charge in [-0.2, -0.15) is 0 Å². The highest BCUT2D eigenvalue weighted by Gasteiger charge is 2.09. The van der Waals surface area contributed by atoms with E-state index >= 15 is 0 Å². The summed E-state index contributed by atoms with van der Waals surface area (Å²) in [5.74, 6) is 0.250. The van der Waals surface area contributed by atoms with Crippen molar-refractivity contribution in [3.8, 4) is 16.9 Å². The Hall–Kier alpha value is -2.19. The summed E-state index contributed by atoms with van der Waals surface area (Å²) in [7, 11) is 0. The molecule has 3 aromatic rings. The molecule has 0 saturated heterocycles. The van der Waals surface area contributed by atoms with Crippen molar-refractivity contribution >= 4 is 28.9 Å². The molecule has 2 nitrogen and oxygen atoms in total. The average molecular weight is 272 g/mol. The van der Waals surface area contributed by atoms with Crippen LogP contribution < -0.4 is 5.73 Å². The van der Waals surface area contributed by atoms with Gasteiger partial charge in [-0.3, -0.25) is 0 Å². The lowest BCUT2D eigenvalue weighted by molar-refractivity contribution is 0.477. The first-order chi connectivity index (χ1) is 8.77. The van der Waals surface area contributed by atoms with Gasteiger partial charge in [0.2, 0.25) is 0 Å². The maximum Gasteiger partial charge on any atom is 0.123 e. The van der Waals surface area contributed by atoms with E-state index < -0.39 is 0 Å². The summed E-state index contributed by atoms with van der Waals surface area (Å²) >= 11 is 0. The molecule has 3 rings (SSSR count). The molecule has 0 saturated carbocycles. The number of aromatic hydroxyl groups is 1. The molecule has 19 heavy (non-hydrogen) atoms. The number of hydrogen-bond donors (Lipinski definition) is 2. The van der Waals surface area contributed by atoms with Crippen LogP contribution in [0.1, 0.15) is 0 Å². The Kier molecular flexibility index (Phi) is 3.63. The largest absolute Gasteiger partial charge is 0.507 e. The minimum Gasteiger partial charge on any atom is -0.507 e. The Morgan fingerprint density at radius 1 is 0.737 bits per heavy atom. The van der Waals surface area contributed by atoms with Gasteiger partial charge in [-0.05, 0) is 11.5 Å². The van der Waals surface area contributed by atoms with Gasteiger partial charge in [-0.1, -0.05) is 54.6 Å². The van der Waals surface area contributed by atoms with Gasteiger partial charge < -0.3 is 10.8 Å². The number of phenolic OH excluding ortho intramolecular Hbond substituents is 1. The lowest BCUT2D eigenvalue weighted by Gasteiger charge is -2.10. The third kappa shape index (κ3) is 2.23. The summed E-state index contributed by atoms with van der Waals surface area (Å²) in [5.41, 5.74) is 8.54. The molecular weight excluding hydrogens is 258 g/mol. The summed E-state index contributed by atoms with van der Waals surface area (Å²) in [6, 6.07) is 19.2. The van der Waals surface area contributed by atoms with Crippen molar-refractivity contribution in [3.05, 3.63) is 60.7 Å². The van der Waals surface area contributed by atoms with Gasteiger partial charge >= 0.3 is 0 Å². The van der Waals surface area contributed by atoms with Crippen LogP contribution in [0.3, 0.4) is 0 Å². The van der Waals surface area contributed by atoms with Crippen LogP contribution >= 0.6 is 12.4 Å². The second-order valence-corrected chi connectivity index (χ2v) is 4.27. The molecule has 3 N–H and O–H groups in total. The first-order valence-corrected chi connectivity index (χ1v) is 5.83. The number of anilines is 1. The molecule has 0 aliphatic carbocycles. The summed E-state index contributed by atoms with van der Waals surface area (Å²) in [6.45, 7) is 0. The third-order valence-corrected chi connectivity index (χ3v) is 3.16. The minimum absolute atomic E-state index is 0. The van der Waals surface area contributed by atoms with Crippen LogP contribution in [-0.4, -0.2) is 5.11 Å². The monoisotopic (exact) mass is 271 g/mol. The topological polar surface area (TPSA) is 46.2 Å². The highest BCUT2D eigenvalue weighted by atomic mass is 35.5. The standard InChI is InChI=1S/C16H13NO.ClH/c17-16-12-6-2-1-5-11(12)9-10-14(16)13-7-3-4-8-15(13)18;/h1-10,18H,17H2;1H. The maximum absolute atomic E-state index is 9.90. The lowest BCUT2D eigenvalue weighted by Crippen LogP contribution is -1.92. The quantitative estimate of drug-likeness (QED) is 0.651. The van der Waals surface area contributed by atoms with Crippen LogP contribution in [0.2, 0.25) is 0 Å². The Balaban J connectivity index is 0.00000133. The summed E-state index contributed by atoms with van der Waals surface area (Å²) in [6.07, 6.45) is 0. The van der Waals surface area contributed by atoms with Gasteiger partial charge in [-0.15, -0.1) is 12.4 Å². The lowest BCUT2D eigenvalue weighted by atomic mass is 9.98. The normalized spacial score (nSPS) is 10.1. The van der Waals surface area contributed by atoms with Crippen molar-refractivity contribution < 1.29 is 5.11 Å². The number of phenols is 1. The Bertz CT molecular complexity index is 725. The molecule has 0 unspecified atom stereocenters. The number of nitrogen functional groups attached to an aromatic ring is 1. The highest BCUT2D eigenvalue weighted by molar-refractivity contribution is 6.01. The van der Waals surface area contributed by atoms with Gasteiger partial charge in [0.1, 0.15) is 5.75 Å². The van der Waals surface area contributed by atoms with Crippen molar-refractivity contribution in [2.24, 2.45) is 0 Å². The van der Waals surface area contributed by atoms with Crippen LogP contribution in [-0.2, 0) is 0 Å². The van der Waals surface area contributed by atoms with E-state index in [-0.39, 0.29) is 18.2 Å². The van der Waals surface area contributed by atoms with E-state index in [0.29, 0.717) is 5.69 Å². The van der Waals surface area contributed by atoms with Crippen molar-refractivity contribution in [2.75, 3.05) is 5.73 Å². The van der Waals surface area contributed by atoms with Crippen LogP contribution in [0.5, 0.6) is 5.75 Å². The molecule has 0 spiro atoms. The molecule has 0 amide bonds. The molecule has 0 radical (unpaired) electrons. The number of rotatable bonds is 1. The molecule has 0 aliphatic rings. The molecule has 0 bridgehead atoms. The number of benzene rings is 3. The van der Waals surface area contributed by atoms with Gasteiger partial charge in [0.05, 0.1) is 0 Å². The van der Waals surface area contributed by atoms with Crippen LogP contribution in [0.4, 0.5) is 5.69 Å².